The highest BCUT2D eigenvalue weighted by molar-refractivity contribution is 7.88. The van der Waals surface area contributed by atoms with Gasteiger partial charge in [0.05, 0.1) is 25.0 Å². The quantitative estimate of drug-likeness (QED) is 0.777. The maximum Gasteiger partial charge on any atom is 0.271 e. The summed E-state index contributed by atoms with van der Waals surface area (Å²) in [5.74, 6) is -0.162. The molecule has 2 aliphatic heterocycles. The first-order valence-electron chi connectivity index (χ1n) is 6.84. The van der Waals surface area contributed by atoms with Crippen molar-refractivity contribution in [1.29, 1.82) is 0 Å². The summed E-state index contributed by atoms with van der Waals surface area (Å²) in [5.41, 5.74) is 0.413. The van der Waals surface area contributed by atoms with Gasteiger partial charge in [0.2, 0.25) is 10.0 Å². The molecule has 0 spiro atoms. The highest BCUT2D eigenvalue weighted by Crippen LogP contribution is 2.25. The number of ether oxygens (including phenoxy) is 1. The standard InChI is InChI=1S/C12H18N4O4S/c1-21(18,19)16-6-7-20-11-3-5-15(8-10(11)16)12(17)9-2-4-13-14-9/h2,4,10-11H,3,5-8H2,1H3,(H,13,14)/t10-,11-/m0/s1. The number of aromatic nitrogens is 2. The summed E-state index contributed by atoms with van der Waals surface area (Å²) in [6.07, 6.45) is 3.22. The van der Waals surface area contributed by atoms with E-state index in [-0.39, 0.29) is 18.1 Å². The van der Waals surface area contributed by atoms with Crippen LogP contribution in [-0.4, -0.2) is 78.4 Å². The number of likely N-dealkylation sites (tertiary alicyclic amines) is 1. The Morgan fingerprint density at radius 1 is 1.48 bits per heavy atom. The first-order valence-corrected chi connectivity index (χ1v) is 8.69. The lowest BCUT2D eigenvalue weighted by atomic mass is 10.0. The van der Waals surface area contributed by atoms with Gasteiger partial charge in [-0.15, -0.1) is 0 Å². The van der Waals surface area contributed by atoms with Crippen molar-refractivity contribution < 1.29 is 17.9 Å². The van der Waals surface area contributed by atoms with Crippen molar-refractivity contribution in [2.45, 2.75) is 18.6 Å². The van der Waals surface area contributed by atoms with Gasteiger partial charge in [0, 0.05) is 25.8 Å². The van der Waals surface area contributed by atoms with Crippen LogP contribution in [0.25, 0.3) is 0 Å². The third kappa shape index (κ3) is 2.81. The number of hydrogen-bond acceptors (Lipinski definition) is 5. The van der Waals surface area contributed by atoms with Crippen molar-refractivity contribution >= 4 is 15.9 Å². The molecule has 1 aromatic rings. The smallest absolute Gasteiger partial charge is 0.271 e. The molecule has 2 aliphatic rings. The second-order valence-electron chi connectivity index (χ2n) is 5.36. The number of piperidine rings is 1. The predicted molar refractivity (Wildman–Crippen MR) is 74.2 cm³/mol. The Balaban J connectivity index is 1.79. The Hall–Kier alpha value is -1.45. The van der Waals surface area contributed by atoms with E-state index >= 15 is 0 Å². The van der Waals surface area contributed by atoms with Crippen LogP contribution in [0.15, 0.2) is 12.3 Å². The van der Waals surface area contributed by atoms with Crippen LogP contribution in [0.5, 0.6) is 0 Å². The van der Waals surface area contributed by atoms with Crippen molar-refractivity contribution in [3.05, 3.63) is 18.0 Å². The lowest BCUT2D eigenvalue weighted by Crippen LogP contribution is -2.61. The number of nitrogens with zero attached hydrogens (tertiary/aromatic N) is 3. The molecular formula is C12H18N4O4S. The van der Waals surface area contributed by atoms with Crippen LogP contribution in [0, 0.1) is 0 Å². The molecule has 0 unspecified atom stereocenters. The van der Waals surface area contributed by atoms with Crippen molar-refractivity contribution in [3.8, 4) is 0 Å². The number of fused-ring (bicyclic) bond motifs is 1. The number of amides is 1. The minimum Gasteiger partial charge on any atom is -0.375 e. The van der Waals surface area contributed by atoms with Crippen LogP contribution in [0.4, 0.5) is 0 Å². The highest BCUT2D eigenvalue weighted by Gasteiger charge is 2.42. The van der Waals surface area contributed by atoms with Gasteiger partial charge in [0.1, 0.15) is 5.69 Å². The second-order valence-corrected chi connectivity index (χ2v) is 7.30. The lowest BCUT2D eigenvalue weighted by molar-refractivity contribution is -0.0705. The molecule has 2 saturated heterocycles. The molecular weight excluding hydrogens is 296 g/mol. The molecule has 0 radical (unpaired) electrons. The van der Waals surface area contributed by atoms with Gasteiger partial charge in [-0.2, -0.15) is 9.40 Å². The number of H-pyrrole nitrogens is 1. The van der Waals surface area contributed by atoms with Crippen LogP contribution in [0.2, 0.25) is 0 Å². The van der Waals surface area contributed by atoms with Gasteiger partial charge in [-0.3, -0.25) is 9.89 Å². The van der Waals surface area contributed by atoms with Crippen LogP contribution in [-0.2, 0) is 14.8 Å². The number of carbonyl (C=O) groups is 1. The van der Waals surface area contributed by atoms with E-state index in [0.29, 0.717) is 38.4 Å². The molecule has 9 heteroatoms. The summed E-state index contributed by atoms with van der Waals surface area (Å²) in [6.45, 7) is 1.64. The number of nitrogens with one attached hydrogen (secondary N) is 1. The first-order chi connectivity index (χ1) is 9.97. The maximum absolute atomic E-state index is 12.3. The number of sulfonamides is 1. The lowest BCUT2D eigenvalue weighted by Gasteiger charge is -2.45. The summed E-state index contributed by atoms with van der Waals surface area (Å²) in [6, 6.07) is 1.30. The molecule has 0 bridgehead atoms. The van der Waals surface area contributed by atoms with Gasteiger partial charge in [0.15, 0.2) is 0 Å². The molecule has 1 aromatic heterocycles. The molecule has 21 heavy (non-hydrogen) atoms. The Bertz CT molecular complexity index is 615. The number of rotatable bonds is 2. The van der Waals surface area contributed by atoms with Crippen molar-refractivity contribution in [1.82, 2.24) is 19.4 Å². The van der Waals surface area contributed by atoms with Gasteiger partial charge in [-0.05, 0) is 12.5 Å². The van der Waals surface area contributed by atoms with E-state index in [1.54, 1.807) is 11.0 Å². The largest absolute Gasteiger partial charge is 0.375 e. The minimum absolute atomic E-state index is 0.140. The zero-order valence-corrected chi connectivity index (χ0v) is 12.5. The van der Waals surface area contributed by atoms with Gasteiger partial charge in [-0.1, -0.05) is 0 Å². The number of carbonyl (C=O) groups excluding carboxylic acids is 1. The Morgan fingerprint density at radius 2 is 2.29 bits per heavy atom. The van der Waals surface area contributed by atoms with Crippen LogP contribution < -0.4 is 0 Å². The van der Waals surface area contributed by atoms with Gasteiger partial charge in [-0.25, -0.2) is 8.42 Å². The van der Waals surface area contributed by atoms with Crippen LogP contribution in [0.1, 0.15) is 16.9 Å². The molecule has 0 saturated carbocycles. The summed E-state index contributed by atoms with van der Waals surface area (Å²) >= 11 is 0. The average molecular weight is 314 g/mol. The van der Waals surface area contributed by atoms with E-state index < -0.39 is 10.0 Å². The summed E-state index contributed by atoms with van der Waals surface area (Å²) in [7, 11) is -3.30. The fraction of sp³-hybridized carbons (Fsp3) is 0.667. The van der Waals surface area contributed by atoms with Crippen molar-refractivity contribution in [3.63, 3.8) is 0 Å². The van der Waals surface area contributed by atoms with E-state index in [1.807, 2.05) is 0 Å². The molecule has 0 aromatic carbocycles. The van der Waals surface area contributed by atoms with Crippen LogP contribution >= 0.6 is 0 Å². The van der Waals surface area contributed by atoms with Crippen molar-refractivity contribution in [2.75, 3.05) is 32.5 Å². The molecule has 0 aliphatic carbocycles. The molecule has 1 amide bonds. The Labute approximate surface area is 123 Å². The molecule has 116 valence electrons. The summed E-state index contributed by atoms with van der Waals surface area (Å²) in [5, 5.41) is 6.41. The molecule has 2 atom stereocenters. The highest BCUT2D eigenvalue weighted by atomic mass is 32.2. The van der Waals surface area contributed by atoms with E-state index in [1.165, 1.54) is 16.8 Å². The monoisotopic (exact) mass is 314 g/mol. The normalized spacial score (nSPS) is 27.4. The Morgan fingerprint density at radius 3 is 2.95 bits per heavy atom. The molecule has 8 nitrogen and oxygen atoms in total. The third-order valence-corrected chi connectivity index (χ3v) is 5.28. The number of hydrogen-bond donors (Lipinski definition) is 1. The van der Waals surface area contributed by atoms with Gasteiger partial charge in [0.25, 0.3) is 5.91 Å². The molecule has 2 fully saturated rings. The molecule has 1 N–H and O–H groups in total. The second kappa shape index (κ2) is 5.39. The minimum atomic E-state index is -3.30. The summed E-state index contributed by atoms with van der Waals surface area (Å²) < 4.78 is 30.9. The fourth-order valence-electron chi connectivity index (χ4n) is 2.98. The zero-order chi connectivity index (χ0) is 15.0. The maximum atomic E-state index is 12.3. The van der Waals surface area contributed by atoms with E-state index in [0.717, 1.165) is 0 Å². The molecule has 3 heterocycles. The first kappa shape index (κ1) is 14.5. The van der Waals surface area contributed by atoms with E-state index in [2.05, 4.69) is 10.2 Å². The average Bonchev–Trinajstić information content (AvgIpc) is 2.98. The SMILES string of the molecule is CS(=O)(=O)N1CCO[C@H]2CCN(C(=O)c3ccn[nH]3)C[C@@H]21. The van der Waals surface area contributed by atoms with Gasteiger partial charge < -0.3 is 9.64 Å². The van der Waals surface area contributed by atoms with Crippen LogP contribution in [0.3, 0.4) is 0 Å². The van der Waals surface area contributed by atoms with Gasteiger partial charge >= 0.3 is 0 Å². The molecule has 3 rings (SSSR count). The van der Waals surface area contributed by atoms with E-state index in [4.69, 9.17) is 4.74 Å². The third-order valence-electron chi connectivity index (χ3n) is 3.98. The summed E-state index contributed by atoms with van der Waals surface area (Å²) in [4.78, 5) is 14.0. The Kier molecular flexibility index (Phi) is 3.72. The topological polar surface area (TPSA) is 95.6 Å². The fourth-order valence-corrected chi connectivity index (χ4v) is 4.08. The number of morpholine rings is 1. The van der Waals surface area contributed by atoms with E-state index in [9.17, 15) is 13.2 Å². The van der Waals surface area contributed by atoms with Crippen molar-refractivity contribution in [2.24, 2.45) is 0 Å². The predicted octanol–water partition coefficient (Wildman–Crippen LogP) is -0.715. The zero-order valence-electron chi connectivity index (χ0n) is 11.7. The number of aromatic amines is 1.